The fourth-order valence-electron chi connectivity index (χ4n) is 1.22. The second-order valence-electron chi connectivity index (χ2n) is 2.62. The molecule has 1 aliphatic heterocycles. The molecule has 0 bridgehead atoms. The maximum absolute atomic E-state index is 8.21. The van der Waals surface area contributed by atoms with E-state index in [2.05, 4.69) is 12.2 Å². The van der Waals surface area contributed by atoms with Crippen molar-refractivity contribution in [3.63, 3.8) is 0 Å². The molecule has 2 atom stereocenters. The molecule has 56 valence electrons. The number of hydrogen-bond acceptors (Lipinski definition) is 3. The maximum atomic E-state index is 8.21. The Morgan fingerprint density at radius 1 is 1.80 bits per heavy atom. The summed E-state index contributed by atoms with van der Waals surface area (Å²) in [6.45, 7) is 3.66. The maximum Gasteiger partial charge on any atom is 0.176 e. The first-order valence-corrected chi connectivity index (χ1v) is 3.58. The van der Waals surface area contributed by atoms with Crippen LogP contribution in [0.25, 0.3) is 0 Å². The van der Waals surface area contributed by atoms with E-state index in [1.54, 1.807) is 0 Å². The van der Waals surface area contributed by atoms with E-state index < -0.39 is 0 Å². The molecule has 3 heteroatoms. The van der Waals surface area contributed by atoms with Crippen LogP contribution in [0, 0.1) is 17.4 Å². The molecule has 1 fully saturated rings. The second kappa shape index (κ2) is 3.43. The molecular formula is C7H12N2O. The number of ether oxygens (including phenoxy) is 1. The van der Waals surface area contributed by atoms with E-state index in [-0.39, 0.29) is 0 Å². The molecule has 0 spiro atoms. The number of nitrogens with zero attached hydrogens (tertiary/aromatic N) is 1. The van der Waals surface area contributed by atoms with Crippen molar-refractivity contribution in [3.05, 3.63) is 0 Å². The molecule has 1 rings (SSSR count). The lowest BCUT2D eigenvalue weighted by Crippen LogP contribution is -2.23. The van der Waals surface area contributed by atoms with Gasteiger partial charge in [0.2, 0.25) is 0 Å². The average molecular weight is 140 g/mol. The van der Waals surface area contributed by atoms with E-state index in [1.807, 2.05) is 6.19 Å². The van der Waals surface area contributed by atoms with Crippen LogP contribution >= 0.6 is 0 Å². The van der Waals surface area contributed by atoms with Gasteiger partial charge in [0.1, 0.15) is 0 Å². The first-order chi connectivity index (χ1) is 4.84. The summed E-state index contributed by atoms with van der Waals surface area (Å²) in [5.41, 5.74) is 0. The number of nitrogens with one attached hydrogen (secondary N) is 1. The smallest absolute Gasteiger partial charge is 0.176 e. The third-order valence-corrected chi connectivity index (χ3v) is 1.98. The van der Waals surface area contributed by atoms with Gasteiger partial charge in [-0.2, -0.15) is 5.26 Å². The van der Waals surface area contributed by atoms with Gasteiger partial charge in [0.15, 0.2) is 6.19 Å². The Morgan fingerprint density at radius 2 is 2.60 bits per heavy atom. The van der Waals surface area contributed by atoms with Gasteiger partial charge < -0.3 is 10.1 Å². The van der Waals surface area contributed by atoms with Gasteiger partial charge in [0.25, 0.3) is 0 Å². The minimum atomic E-state index is 0.320. The van der Waals surface area contributed by atoms with Gasteiger partial charge in [-0.25, -0.2) is 0 Å². The molecule has 0 saturated carbocycles. The highest BCUT2D eigenvalue weighted by molar-refractivity contribution is 4.77. The fourth-order valence-corrected chi connectivity index (χ4v) is 1.22. The van der Waals surface area contributed by atoms with Crippen molar-refractivity contribution in [2.75, 3.05) is 13.2 Å². The molecule has 0 radical (unpaired) electrons. The van der Waals surface area contributed by atoms with Crippen molar-refractivity contribution in [2.24, 2.45) is 5.92 Å². The highest BCUT2D eigenvalue weighted by Gasteiger charge is 2.23. The Kier molecular flexibility index (Phi) is 2.52. The molecule has 0 aromatic carbocycles. The predicted octanol–water partition coefficient (Wildman–Crippen LogP) is 0.482. The van der Waals surface area contributed by atoms with E-state index in [9.17, 15) is 0 Å². The normalized spacial score (nSPS) is 31.6. The van der Waals surface area contributed by atoms with Crippen LogP contribution in [0.15, 0.2) is 0 Å². The van der Waals surface area contributed by atoms with Crippen molar-refractivity contribution in [1.82, 2.24) is 5.32 Å². The van der Waals surface area contributed by atoms with E-state index in [0.717, 1.165) is 19.6 Å². The topological polar surface area (TPSA) is 45.0 Å². The van der Waals surface area contributed by atoms with Crippen molar-refractivity contribution in [1.29, 1.82) is 5.26 Å². The van der Waals surface area contributed by atoms with E-state index in [4.69, 9.17) is 10.00 Å². The van der Waals surface area contributed by atoms with E-state index in [1.165, 1.54) is 0 Å². The van der Waals surface area contributed by atoms with Crippen molar-refractivity contribution in [2.45, 2.75) is 19.4 Å². The molecule has 10 heavy (non-hydrogen) atoms. The van der Waals surface area contributed by atoms with E-state index >= 15 is 0 Å². The molecule has 0 amide bonds. The van der Waals surface area contributed by atoms with Crippen LogP contribution in [0.3, 0.4) is 0 Å². The lowest BCUT2D eigenvalue weighted by Gasteiger charge is -2.11. The van der Waals surface area contributed by atoms with Gasteiger partial charge in [-0.3, -0.25) is 0 Å². The lowest BCUT2D eigenvalue weighted by atomic mass is 10.0. The minimum Gasteiger partial charge on any atom is -0.378 e. The highest BCUT2D eigenvalue weighted by Crippen LogP contribution is 2.18. The summed E-state index contributed by atoms with van der Waals surface area (Å²) in [5.74, 6) is 0.527. The van der Waals surface area contributed by atoms with Crippen LogP contribution in [0.4, 0.5) is 0 Å². The van der Waals surface area contributed by atoms with Crippen molar-refractivity contribution in [3.8, 4) is 6.19 Å². The number of hydrogen-bond donors (Lipinski definition) is 1. The first-order valence-electron chi connectivity index (χ1n) is 3.58. The largest absolute Gasteiger partial charge is 0.378 e. The quantitative estimate of drug-likeness (QED) is 0.448. The second-order valence-corrected chi connectivity index (χ2v) is 2.62. The monoisotopic (exact) mass is 140 g/mol. The summed E-state index contributed by atoms with van der Waals surface area (Å²) in [4.78, 5) is 0. The van der Waals surface area contributed by atoms with Crippen LogP contribution in [0.2, 0.25) is 0 Å². The van der Waals surface area contributed by atoms with Crippen LogP contribution in [0.5, 0.6) is 0 Å². The molecule has 1 saturated heterocycles. The zero-order chi connectivity index (χ0) is 7.40. The molecule has 1 heterocycles. The summed E-state index contributed by atoms with van der Waals surface area (Å²) in [5, 5.41) is 10.9. The SMILES string of the molecule is CC1OCCC1CNC#N. The Hall–Kier alpha value is -0.750. The van der Waals surface area contributed by atoms with Crippen LogP contribution in [0.1, 0.15) is 13.3 Å². The molecule has 2 unspecified atom stereocenters. The first kappa shape index (κ1) is 7.36. The molecule has 1 aliphatic rings. The zero-order valence-corrected chi connectivity index (χ0v) is 6.13. The van der Waals surface area contributed by atoms with Gasteiger partial charge in [0, 0.05) is 19.1 Å². The number of nitriles is 1. The fraction of sp³-hybridized carbons (Fsp3) is 0.857. The Balaban J connectivity index is 2.21. The van der Waals surface area contributed by atoms with Crippen molar-refractivity contribution >= 4 is 0 Å². The molecular weight excluding hydrogens is 128 g/mol. The van der Waals surface area contributed by atoms with E-state index in [0.29, 0.717) is 12.0 Å². The summed E-state index contributed by atoms with van der Waals surface area (Å²) in [6, 6.07) is 0. The molecule has 0 aromatic rings. The van der Waals surface area contributed by atoms with Gasteiger partial charge >= 0.3 is 0 Å². The molecule has 1 N–H and O–H groups in total. The number of rotatable bonds is 2. The molecule has 3 nitrogen and oxygen atoms in total. The molecule has 0 aromatic heterocycles. The van der Waals surface area contributed by atoms with Gasteiger partial charge in [0.05, 0.1) is 6.10 Å². The van der Waals surface area contributed by atoms with Crippen LogP contribution in [-0.2, 0) is 4.74 Å². The van der Waals surface area contributed by atoms with Crippen LogP contribution < -0.4 is 5.32 Å². The summed E-state index contributed by atoms with van der Waals surface area (Å²) in [7, 11) is 0. The minimum absolute atomic E-state index is 0.320. The van der Waals surface area contributed by atoms with Gasteiger partial charge in [-0.1, -0.05) is 0 Å². The Labute approximate surface area is 61.0 Å². The zero-order valence-electron chi connectivity index (χ0n) is 6.13. The van der Waals surface area contributed by atoms with Gasteiger partial charge in [-0.15, -0.1) is 0 Å². The Morgan fingerprint density at radius 3 is 3.10 bits per heavy atom. The summed E-state index contributed by atoms with van der Waals surface area (Å²) >= 11 is 0. The van der Waals surface area contributed by atoms with Gasteiger partial charge in [-0.05, 0) is 13.3 Å². The van der Waals surface area contributed by atoms with Crippen molar-refractivity contribution < 1.29 is 4.74 Å². The third-order valence-electron chi connectivity index (χ3n) is 1.98. The highest BCUT2D eigenvalue weighted by atomic mass is 16.5. The standard InChI is InChI=1S/C7H12N2O/c1-6-7(2-3-10-6)4-9-5-8/h6-7,9H,2-4H2,1H3. The summed E-state index contributed by atoms with van der Waals surface area (Å²) in [6.07, 6.45) is 3.31. The molecule has 0 aliphatic carbocycles. The predicted molar refractivity (Wildman–Crippen MR) is 37.1 cm³/mol. The third kappa shape index (κ3) is 1.61. The summed E-state index contributed by atoms with van der Waals surface area (Å²) < 4.78 is 5.31. The Bertz CT molecular complexity index is 141. The average Bonchev–Trinajstić information content (AvgIpc) is 2.31. The van der Waals surface area contributed by atoms with Crippen LogP contribution in [-0.4, -0.2) is 19.3 Å². The lowest BCUT2D eigenvalue weighted by molar-refractivity contribution is 0.106.